The second kappa shape index (κ2) is 7.90. The summed E-state index contributed by atoms with van der Waals surface area (Å²) in [6.45, 7) is 1.42. The topological polar surface area (TPSA) is 45.5 Å². The summed E-state index contributed by atoms with van der Waals surface area (Å²) >= 11 is 1.65. The molecule has 0 saturated carbocycles. The van der Waals surface area contributed by atoms with Gasteiger partial charge in [0.15, 0.2) is 0 Å². The first-order valence-corrected chi connectivity index (χ1v) is 8.39. The highest BCUT2D eigenvalue weighted by atomic mass is 32.1. The van der Waals surface area contributed by atoms with Crippen LogP contribution in [0, 0.1) is 5.82 Å². The van der Waals surface area contributed by atoms with Gasteiger partial charge >= 0.3 is 0 Å². The van der Waals surface area contributed by atoms with E-state index in [-0.39, 0.29) is 18.3 Å². The molecule has 0 aliphatic heterocycles. The van der Waals surface area contributed by atoms with Crippen LogP contribution in [0.2, 0.25) is 0 Å². The number of carbonyl (C=O) groups is 1. The number of nitrogens with one attached hydrogen (secondary N) is 1. The summed E-state index contributed by atoms with van der Waals surface area (Å²) in [4.78, 5) is 15.5. The zero-order valence-corrected chi connectivity index (χ0v) is 13.8. The van der Waals surface area contributed by atoms with Crippen molar-refractivity contribution >= 4 is 22.9 Å². The van der Waals surface area contributed by atoms with Crippen molar-refractivity contribution in [2.24, 2.45) is 0 Å². The van der Waals surface area contributed by atoms with Crippen LogP contribution in [-0.2, 0) is 17.9 Å². The van der Waals surface area contributed by atoms with Gasteiger partial charge in [-0.3, -0.25) is 9.69 Å². The minimum atomic E-state index is -0.329. The van der Waals surface area contributed by atoms with Crippen LogP contribution in [0.1, 0.15) is 10.6 Å². The molecule has 0 aliphatic carbocycles. The number of halogens is 1. The van der Waals surface area contributed by atoms with Crippen LogP contribution >= 0.6 is 11.3 Å². The molecule has 3 aromatic rings. The van der Waals surface area contributed by atoms with E-state index in [2.05, 4.69) is 5.32 Å². The number of rotatable bonds is 7. The average Bonchev–Trinajstić information content (AvgIpc) is 3.23. The predicted octanol–water partition coefficient (Wildman–Crippen LogP) is 4.12. The Kier molecular flexibility index (Phi) is 5.40. The average molecular weight is 344 g/mol. The number of hydrogen-bond donors (Lipinski definition) is 1. The first kappa shape index (κ1) is 16.4. The molecule has 0 fully saturated rings. The maximum Gasteiger partial charge on any atom is 0.238 e. The molecule has 0 spiro atoms. The summed E-state index contributed by atoms with van der Waals surface area (Å²) in [5.41, 5.74) is 0.579. The lowest BCUT2D eigenvalue weighted by Crippen LogP contribution is -2.32. The van der Waals surface area contributed by atoms with Gasteiger partial charge in [-0.15, -0.1) is 11.3 Å². The van der Waals surface area contributed by atoms with E-state index in [1.165, 1.54) is 17.0 Å². The molecule has 1 aromatic carbocycles. The van der Waals surface area contributed by atoms with Crippen molar-refractivity contribution in [3.8, 4) is 0 Å². The molecular formula is C18H17FN2O2S. The largest absolute Gasteiger partial charge is 0.468 e. The van der Waals surface area contributed by atoms with Crippen LogP contribution in [0.4, 0.5) is 10.1 Å². The molecule has 24 heavy (non-hydrogen) atoms. The standard InChI is InChI=1S/C18H17FN2O2S/c19-14-5-7-15(8-6-14)20-18(22)13-21(11-16-3-1-9-23-16)12-17-4-2-10-24-17/h1-10H,11-13H2,(H,20,22). The molecule has 1 amide bonds. The fourth-order valence-electron chi connectivity index (χ4n) is 2.35. The van der Waals surface area contributed by atoms with Crippen molar-refractivity contribution in [3.63, 3.8) is 0 Å². The van der Waals surface area contributed by atoms with E-state index in [0.29, 0.717) is 18.8 Å². The molecule has 1 N–H and O–H groups in total. The third-order valence-electron chi connectivity index (χ3n) is 3.41. The van der Waals surface area contributed by atoms with Gasteiger partial charge in [-0.2, -0.15) is 0 Å². The maximum absolute atomic E-state index is 12.9. The Labute approximate surface area is 143 Å². The Bertz CT molecular complexity index is 719. The lowest BCUT2D eigenvalue weighted by molar-refractivity contribution is -0.117. The van der Waals surface area contributed by atoms with E-state index in [1.807, 2.05) is 34.5 Å². The number of nitrogens with zero attached hydrogens (tertiary/aromatic N) is 1. The highest BCUT2D eigenvalue weighted by Crippen LogP contribution is 2.15. The molecule has 6 heteroatoms. The van der Waals surface area contributed by atoms with Crippen molar-refractivity contribution in [3.05, 3.63) is 76.6 Å². The Hall–Kier alpha value is -2.44. The Morgan fingerprint density at radius 2 is 1.96 bits per heavy atom. The van der Waals surface area contributed by atoms with Crippen molar-refractivity contribution in [1.29, 1.82) is 0 Å². The van der Waals surface area contributed by atoms with E-state index in [9.17, 15) is 9.18 Å². The second-order valence-electron chi connectivity index (χ2n) is 5.36. The van der Waals surface area contributed by atoms with E-state index in [0.717, 1.165) is 5.76 Å². The van der Waals surface area contributed by atoms with E-state index < -0.39 is 0 Å². The maximum atomic E-state index is 12.9. The molecule has 2 heterocycles. The number of carbonyl (C=O) groups excluding carboxylic acids is 1. The summed E-state index contributed by atoms with van der Waals surface area (Å²) in [5.74, 6) is 0.330. The quantitative estimate of drug-likeness (QED) is 0.701. The van der Waals surface area contributed by atoms with Gasteiger partial charge in [0.25, 0.3) is 0 Å². The monoisotopic (exact) mass is 344 g/mol. The van der Waals surface area contributed by atoms with Gasteiger partial charge in [-0.25, -0.2) is 4.39 Å². The van der Waals surface area contributed by atoms with Gasteiger partial charge in [0.2, 0.25) is 5.91 Å². The van der Waals surface area contributed by atoms with Gasteiger partial charge in [0.1, 0.15) is 11.6 Å². The van der Waals surface area contributed by atoms with Crippen LogP contribution in [0.5, 0.6) is 0 Å². The summed E-state index contributed by atoms with van der Waals surface area (Å²) in [7, 11) is 0. The number of thiophene rings is 1. The molecule has 124 valence electrons. The van der Waals surface area contributed by atoms with Crippen LogP contribution < -0.4 is 5.32 Å². The van der Waals surface area contributed by atoms with Gasteiger partial charge in [-0.05, 0) is 47.8 Å². The molecule has 0 atom stereocenters. The van der Waals surface area contributed by atoms with Crippen LogP contribution in [0.15, 0.2) is 64.6 Å². The van der Waals surface area contributed by atoms with E-state index in [1.54, 1.807) is 29.7 Å². The molecule has 0 saturated heterocycles. The minimum Gasteiger partial charge on any atom is -0.468 e. The Morgan fingerprint density at radius 1 is 1.12 bits per heavy atom. The molecule has 0 unspecified atom stereocenters. The highest BCUT2D eigenvalue weighted by molar-refractivity contribution is 7.09. The zero-order chi connectivity index (χ0) is 16.8. The SMILES string of the molecule is O=C(CN(Cc1ccco1)Cc1cccs1)Nc1ccc(F)cc1. The first-order valence-electron chi connectivity index (χ1n) is 7.51. The molecule has 0 radical (unpaired) electrons. The normalized spacial score (nSPS) is 10.9. The lowest BCUT2D eigenvalue weighted by atomic mass is 10.3. The number of benzene rings is 1. The second-order valence-corrected chi connectivity index (χ2v) is 6.39. The van der Waals surface area contributed by atoms with Crippen molar-refractivity contribution in [2.45, 2.75) is 13.1 Å². The van der Waals surface area contributed by atoms with Crippen LogP contribution in [-0.4, -0.2) is 17.4 Å². The van der Waals surface area contributed by atoms with Gasteiger partial charge in [-0.1, -0.05) is 6.07 Å². The van der Waals surface area contributed by atoms with Crippen molar-refractivity contribution < 1.29 is 13.6 Å². The van der Waals surface area contributed by atoms with Gasteiger partial charge in [0, 0.05) is 17.1 Å². The summed E-state index contributed by atoms with van der Waals surface area (Å²) in [6.07, 6.45) is 1.62. The van der Waals surface area contributed by atoms with Crippen molar-refractivity contribution in [1.82, 2.24) is 4.90 Å². The van der Waals surface area contributed by atoms with E-state index in [4.69, 9.17) is 4.42 Å². The Balaban J connectivity index is 1.63. The van der Waals surface area contributed by atoms with Crippen LogP contribution in [0.25, 0.3) is 0 Å². The predicted molar refractivity (Wildman–Crippen MR) is 92.2 cm³/mol. The first-order chi connectivity index (χ1) is 11.7. The molecule has 4 nitrogen and oxygen atoms in total. The molecule has 0 bridgehead atoms. The molecular weight excluding hydrogens is 327 g/mol. The highest BCUT2D eigenvalue weighted by Gasteiger charge is 2.14. The number of amides is 1. The van der Waals surface area contributed by atoms with Crippen molar-refractivity contribution in [2.75, 3.05) is 11.9 Å². The van der Waals surface area contributed by atoms with Gasteiger partial charge in [0.05, 0.1) is 19.4 Å². The fourth-order valence-corrected chi connectivity index (χ4v) is 3.10. The number of hydrogen-bond acceptors (Lipinski definition) is 4. The van der Waals surface area contributed by atoms with E-state index >= 15 is 0 Å². The Morgan fingerprint density at radius 3 is 2.62 bits per heavy atom. The van der Waals surface area contributed by atoms with Gasteiger partial charge < -0.3 is 9.73 Å². The summed E-state index contributed by atoms with van der Waals surface area (Å²) in [5, 5.41) is 4.80. The smallest absolute Gasteiger partial charge is 0.238 e. The third-order valence-corrected chi connectivity index (χ3v) is 4.28. The molecule has 2 aromatic heterocycles. The lowest BCUT2D eigenvalue weighted by Gasteiger charge is -2.20. The summed E-state index contributed by atoms with van der Waals surface area (Å²) in [6, 6.07) is 13.5. The number of furan rings is 1. The third kappa shape index (κ3) is 4.78. The number of anilines is 1. The summed E-state index contributed by atoms with van der Waals surface area (Å²) < 4.78 is 18.3. The molecule has 3 rings (SSSR count). The molecule has 0 aliphatic rings. The zero-order valence-electron chi connectivity index (χ0n) is 12.9. The minimum absolute atomic E-state index is 0.148. The van der Waals surface area contributed by atoms with Crippen LogP contribution in [0.3, 0.4) is 0 Å². The fraction of sp³-hybridized carbons (Fsp3) is 0.167.